The molecule has 2 heteroatoms. The van der Waals surface area contributed by atoms with Crippen LogP contribution >= 0.6 is 0 Å². The van der Waals surface area contributed by atoms with Crippen molar-refractivity contribution >= 4 is 5.69 Å². The van der Waals surface area contributed by atoms with Crippen molar-refractivity contribution in [1.29, 1.82) is 0 Å². The first-order chi connectivity index (χ1) is 7.48. The number of ether oxygens (including phenoxy) is 1. The van der Waals surface area contributed by atoms with E-state index in [1.54, 1.807) is 0 Å². The first kappa shape index (κ1) is 11.1. The SMILES string of the molecule is C=C1Nc2c(OCC)ccc(C)c2C1(C)C. The molecule has 2 nitrogen and oxygen atoms in total. The minimum Gasteiger partial charge on any atom is -0.492 e. The maximum Gasteiger partial charge on any atom is 0.143 e. The Hall–Kier alpha value is -1.44. The van der Waals surface area contributed by atoms with Gasteiger partial charge >= 0.3 is 0 Å². The molecule has 0 atom stereocenters. The normalized spacial score (nSPS) is 16.9. The van der Waals surface area contributed by atoms with Gasteiger partial charge in [-0.1, -0.05) is 26.5 Å². The molecule has 86 valence electrons. The monoisotopic (exact) mass is 217 g/mol. The van der Waals surface area contributed by atoms with Gasteiger partial charge in [0, 0.05) is 11.1 Å². The van der Waals surface area contributed by atoms with Crippen molar-refractivity contribution < 1.29 is 4.74 Å². The van der Waals surface area contributed by atoms with Crippen molar-refractivity contribution in [3.8, 4) is 5.75 Å². The second kappa shape index (κ2) is 3.55. The van der Waals surface area contributed by atoms with Gasteiger partial charge in [0.15, 0.2) is 0 Å². The Balaban J connectivity index is 2.62. The lowest BCUT2D eigenvalue weighted by atomic mass is 9.82. The molecule has 1 aliphatic rings. The van der Waals surface area contributed by atoms with Gasteiger partial charge < -0.3 is 10.1 Å². The predicted octanol–water partition coefficient (Wildman–Crippen LogP) is 3.61. The van der Waals surface area contributed by atoms with Crippen molar-refractivity contribution in [1.82, 2.24) is 0 Å². The first-order valence-electron chi connectivity index (χ1n) is 5.71. The van der Waals surface area contributed by atoms with Gasteiger partial charge in [0.25, 0.3) is 0 Å². The molecule has 0 aliphatic carbocycles. The van der Waals surface area contributed by atoms with E-state index in [-0.39, 0.29) is 5.41 Å². The number of allylic oxidation sites excluding steroid dienone is 1. The molecule has 0 spiro atoms. The Bertz CT molecular complexity index is 446. The van der Waals surface area contributed by atoms with Crippen molar-refractivity contribution in [3.63, 3.8) is 0 Å². The van der Waals surface area contributed by atoms with Gasteiger partial charge in [-0.3, -0.25) is 0 Å². The second-order valence-electron chi connectivity index (χ2n) is 4.79. The maximum absolute atomic E-state index is 5.64. The molecule has 2 rings (SSSR count). The highest BCUT2D eigenvalue weighted by Gasteiger charge is 2.36. The van der Waals surface area contributed by atoms with Crippen LogP contribution in [0.2, 0.25) is 0 Å². The number of anilines is 1. The predicted molar refractivity (Wildman–Crippen MR) is 68.1 cm³/mol. The van der Waals surface area contributed by atoms with Crippen molar-refractivity contribution in [3.05, 3.63) is 35.5 Å². The fourth-order valence-corrected chi connectivity index (χ4v) is 2.35. The quantitative estimate of drug-likeness (QED) is 0.817. The van der Waals surface area contributed by atoms with E-state index in [0.717, 1.165) is 17.1 Å². The van der Waals surface area contributed by atoms with E-state index in [4.69, 9.17) is 4.74 Å². The zero-order valence-electron chi connectivity index (χ0n) is 10.5. The van der Waals surface area contributed by atoms with Gasteiger partial charge in [-0.25, -0.2) is 0 Å². The summed E-state index contributed by atoms with van der Waals surface area (Å²) in [6, 6.07) is 4.14. The van der Waals surface area contributed by atoms with Crippen LogP contribution in [0.25, 0.3) is 0 Å². The van der Waals surface area contributed by atoms with Crippen LogP contribution in [0.3, 0.4) is 0 Å². The van der Waals surface area contributed by atoms with E-state index in [0.29, 0.717) is 6.61 Å². The van der Waals surface area contributed by atoms with E-state index in [9.17, 15) is 0 Å². The fourth-order valence-electron chi connectivity index (χ4n) is 2.35. The lowest BCUT2D eigenvalue weighted by Gasteiger charge is -2.21. The molecule has 0 radical (unpaired) electrons. The first-order valence-corrected chi connectivity index (χ1v) is 5.71. The van der Waals surface area contributed by atoms with Gasteiger partial charge in [0.2, 0.25) is 0 Å². The third-order valence-electron chi connectivity index (χ3n) is 3.33. The molecule has 0 amide bonds. The summed E-state index contributed by atoms with van der Waals surface area (Å²) < 4.78 is 5.64. The number of benzene rings is 1. The van der Waals surface area contributed by atoms with E-state index in [1.165, 1.54) is 11.1 Å². The Morgan fingerprint density at radius 1 is 1.38 bits per heavy atom. The number of nitrogens with one attached hydrogen (secondary N) is 1. The average Bonchev–Trinajstić information content (AvgIpc) is 2.44. The molecule has 1 aromatic carbocycles. The number of hydrogen-bond acceptors (Lipinski definition) is 2. The number of aryl methyl sites for hydroxylation is 1. The standard InChI is InChI=1S/C14H19NO/c1-6-16-11-8-7-9(2)12-13(11)15-10(3)14(12,4)5/h7-8,15H,3,6H2,1-2,4-5H3. The molecule has 1 aromatic rings. The molecular weight excluding hydrogens is 198 g/mol. The number of fused-ring (bicyclic) bond motifs is 1. The number of rotatable bonds is 2. The molecule has 1 heterocycles. The lowest BCUT2D eigenvalue weighted by Crippen LogP contribution is -2.17. The molecular formula is C14H19NO. The van der Waals surface area contributed by atoms with Crippen molar-refractivity contribution in [2.75, 3.05) is 11.9 Å². The third kappa shape index (κ3) is 1.41. The summed E-state index contributed by atoms with van der Waals surface area (Å²) in [5.74, 6) is 0.926. The van der Waals surface area contributed by atoms with Crippen LogP contribution in [0.4, 0.5) is 5.69 Å². The maximum atomic E-state index is 5.64. The highest BCUT2D eigenvalue weighted by molar-refractivity contribution is 5.75. The van der Waals surface area contributed by atoms with Gasteiger partial charge in [-0.05, 0) is 31.0 Å². The Morgan fingerprint density at radius 2 is 2.06 bits per heavy atom. The average molecular weight is 217 g/mol. The van der Waals surface area contributed by atoms with E-state index >= 15 is 0 Å². The van der Waals surface area contributed by atoms with Crippen LogP contribution in [-0.2, 0) is 5.41 Å². The van der Waals surface area contributed by atoms with Crippen molar-refractivity contribution in [2.45, 2.75) is 33.1 Å². The second-order valence-corrected chi connectivity index (χ2v) is 4.79. The van der Waals surface area contributed by atoms with Crippen LogP contribution in [0.1, 0.15) is 31.9 Å². The Morgan fingerprint density at radius 3 is 2.69 bits per heavy atom. The molecule has 0 aromatic heterocycles. The van der Waals surface area contributed by atoms with Gasteiger partial charge in [0.05, 0.1) is 12.3 Å². The largest absolute Gasteiger partial charge is 0.492 e. The summed E-state index contributed by atoms with van der Waals surface area (Å²) in [4.78, 5) is 0. The molecule has 1 aliphatic heterocycles. The van der Waals surface area contributed by atoms with Crippen LogP contribution in [-0.4, -0.2) is 6.61 Å². The minimum atomic E-state index is -0.0213. The summed E-state index contributed by atoms with van der Waals surface area (Å²) in [7, 11) is 0. The summed E-state index contributed by atoms with van der Waals surface area (Å²) in [5.41, 5.74) is 4.71. The molecule has 0 fully saturated rings. The highest BCUT2D eigenvalue weighted by Crippen LogP contribution is 2.48. The van der Waals surface area contributed by atoms with Crippen LogP contribution in [0, 0.1) is 6.92 Å². The van der Waals surface area contributed by atoms with E-state index in [2.05, 4.69) is 38.7 Å². The molecule has 1 N–H and O–H groups in total. The Labute approximate surface area is 97.3 Å². The molecule has 0 unspecified atom stereocenters. The Kier molecular flexibility index (Phi) is 2.45. The zero-order chi connectivity index (χ0) is 11.9. The molecule has 16 heavy (non-hydrogen) atoms. The highest BCUT2D eigenvalue weighted by atomic mass is 16.5. The summed E-state index contributed by atoms with van der Waals surface area (Å²) >= 11 is 0. The summed E-state index contributed by atoms with van der Waals surface area (Å²) in [6.07, 6.45) is 0. The van der Waals surface area contributed by atoms with E-state index < -0.39 is 0 Å². The van der Waals surface area contributed by atoms with Gasteiger partial charge in [-0.15, -0.1) is 0 Å². The van der Waals surface area contributed by atoms with Crippen LogP contribution in [0.5, 0.6) is 5.75 Å². The zero-order valence-corrected chi connectivity index (χ0v) is 10.5. The molecule has 0 saturated heterocycles. The summed E-state index contributed by atoms with van der Waals surface area (Å²) in [5, 5.41) is 3.36. The minimum absolute atomic E-state index is 0.0213. The van der Waals surface area contributed by atoms with Gasteiger partial charge in [-0.2, -0.15) is 0 Å². The molecule has 0 bridgehead atoms. The van der Waals surface area contributed by atoms with Crippen LogP contribution < -0.4 is 10.1 Å². The number of hydrogen-bond donors (Lipinski definition) is 1. The van der Waals surface area contributed by atoms with Crippen molar-refractivity contribution in [2.24, 2.45) is 0 Å². The topological polar surface area (TPSA) is 21.3 Å². The van der Waals surface area contributed by atoms with Gasteiger partial charge in [0.1, 0.15) is 5.75 Å². The lowest BCUT2D eigenvalue weighted by molar-refractivity contribution is 0.341. The molecule has 0 saturated carbocycles. The third-order valence-corrected chi connectivity index (χ3v) is 3.33. The van der Waals surface area contributed by atoms with E-state index in [1.807, 2.05) is 13.0 Å². The fraction of sp³-hybridized carbons (Fsp3) is 0.429. The smallest absolute Gasteiger partial charge is 0.143 e. The summed E-state index contributed by atoms with van der Waals surface area (Å²) in [6.45, 7) is 13.3. The van der Waals surface area contributed by atoms with Crippen LogP contribution in [0.15, 0.2) is 24.4 Å².